The molecule has 0 heterocycles. The molecule has 0 aliphatic heterocycles. The molecule has 15 nitrogen and oxygen atoms in total. The van der Waals surface area contributed by atoms with Crippen molar-refractivity contribution < 1.29 is 44.1 Å². The Morgan fingerprint density at radius 3 is 1.75 bits per heavy atom. The van der Waals surface area contributed by atoms with E-state index in [9.17, 15) is 44.1 Å². The van der Waals surface area contributed by atoms with Crippen molar-refractivity contribution in [2.24, 2.45) is 11.5 Å². The van der Waals surface area contributed by atoms with E-state index in [1.165, 1.54) is 20.8 Å². The molecule has 0 unspecified atom stereocenters. The molecule has 0 radical (unpaired) electrons. The predicted molar refractivity (Wildman–Crippen MR) is 141 cm³/mol. The molecule has 0 saturated heterocycles. The Labute approximate surface area is 231 Å². The van der Waals surface area contributed by atoms with Gasteiger partial charge in [0, 0.05) is 12.8 Å². The molecule has 1 aromatic rings. The van der Waals surface area contributed by atoms with Gasteiger partial charge in [-0.2, -0.15) is 0 Å². The van der Waals surface area contributed by atoms with E-state index in [1.807, 2.05) is 0 Å². The number of amides is 5. The number of rotatable bonds is 16. The van der Waals surface area contributed by atoms with Crippen LogP contribution in [0.2, 0.25) is 0 Å². The molecule has 0 aliphatic carbocycles. The molecule has 0 saturated carbocycles. The fourth-order valence-corrected chi connectivity index (χ4v) is 3.46. The number of benzene rings is 1. The summed E-state index contributed by atoms with van der Waals surface area (Å²) < 4.78 is 0. The quantitative estimate of drug-likeness (QED) is 0.0958. The van der Waals surface area contributed by atoms with Crippen molar-refractivity contribution in [2.45, 2.75) is 82.5 Å². The molecular formula is C25H38N6O9. The molecule has 0 aliphatic rings. The number of carbonyl (C=O) groups is 6. The molecule has 0 fully saturated rings. The lowest BCUT2D eigenvalue weighted by Gasteiger charge is -2.26. The van der Waals surface area contributed by atoms with Gasteiger partial charge < -0.3 is 48.1 Å². The van der Waals surface area contributed by atoms with Crippen LogP contribution in [0.15, 0.2) is 30.3 Å². The monoisotopic (exact) mass is 566 g/mol. The van der Waals surface area contributed by atoms with Crippen LogP contribution in [0.5, 0.6) is 0 Å². The zero-order valence-corrected chi connectivity index (χ0v) is 22.5. The number of nitrogens with two attached hydrogens (primary N) is 2. The Kier molecular flexibility index (Phi) is 13.7. The number of aliphatic carboxylic acids is 1. The highest BCUT2D eigenvalue weighted by Crippen LogP contribution is 2.05. The SMILES string of the molecule is C[C@H](NC(=O)[C@@H](NC(=O)[C@@H](N)CCC(N)=O)[C@@H](C)O)C(=O)N[C@H](C(=O)N[C@@H](Cc1ccccc1)C(=O)O)[C@@H](C)O. The molecule has 15 heteroatoms. The average molecular weight is 567 g/mol. The lowest BCUT2D eigenvalue weighted by atomic mass is 10.0. The minimum absolute atomic E-state index is 0.0481. The zero-order chi connectivity index (χ0) is 30.6. The van der Waals surface area contributed by atoms with Gasteiger partial charge in [-0.05, 0) is 32.8 Å². The molecular weight excluding hydrogens is 528 g/mol. The van der Waals surface area contributed by atoms with Gasteiger partial charge in [-0.3, -0.25) is 24.0 Å². The summed E-state index contributed by atoms with van der Waals surface area (Å²) in [5, 5.41) is 38.7. The van der Waals surface area contributed by atoms with E-state index >= 15 is 0 Å². The Balaban J connectivity index is 2.84. The van der Waals surface area contributed by atoms with Crippen LogP contribution in [-0.2, 0) is 35.2 Å². The third-order valence-corrected chi connectivity index (χ3v) is 5.81. The third kappa shape index (κ3) is 11.3. The lowest BCUT2D eigenvalue weighted by molar-refractivity contribution is -0.143. The first-order valence-electron chi connectivity index (χ1n) is 12.5. The van der Waals surface area contributed by atoms with Gasteiger partial charge in [0.25, 0.3) is 0 Å². The highest BCUT2D eigenvalue weighted by molar-refractivity contribution is 5.95. The molecule has 5 amide bonds. The summed E-state index contributed by atoms with van der Waals surface area (Å²) in [4.78, 5) is 73.1. The number of carbonyl (C=O) groups excluding carboxylic acids is 5. The van der Waals surface area contributed by atoms with E-state index in [0.717, 1.165) is 0 Å². The minimum Gasteiger partial charge on any atom is -0.480 e. The number of hydrogen-bond acceptors (Lipinski definition) is 9. The van der Waals surface area contributed by atoms with Crippen LogP contribution in [0.1, 0.15) is 39.2 Å². The maximum atomic E-state index is 12.8. The van der Waals surface area contributed by atoms with Crippen molar-refractivity contribution in [3.8, 4) is 0 Å². The number of hydrogen-bond donors (Lipinski definition) is 9. The summed E-state index contributed by atoms with van der Waals surface area (Å²) in [7, 11) is 0. The van der Waals surface area contributed by atoms with E-state index in [2.05, 4.69) is 21.3 Å². The predicted octanol–water partition coefficient (Wildman–Crippen LogP) is -3.37. The summed E-state index contributed by atoms with van der Waals surface area (Å²) in [5.41, 5.74) is 11.3. The molecule has 1 aromatic carbocycles. The largest absolute Gasteiger partial charge is 0.480 e. The van der Waals surface area contributed by atoms with Crippen LogP contribution in [0.25, 0.3) is 0 Å². The second-order valence-electron chi connectivity index (χ2n) is 9.38. The molecule has 0 bridgehead atoms. The molecule has 7 atom stereocenters. The van der Waals surface area contributed by atoms with Gasteiger partial charge in [-0.1, -0.05) is 30.3 Å². The van der Waals surface area contributed by atoms with Crippen molar-refractivity contribution in [3.05, 3.63) is 35.9 Å². The number of carboxylic acid groups (broad SMARTS) is 1. The van der Waals surface area contributed by atoms with Crippen LogP contribution >= 0.6 is 0 Å². The standard InChI is InChI=1S/C25H38N6O9/c1-12(28-23(37)19(13(2)32)31-22(36)16(26)9-10-18(27)34)21(35)30-20(14(3)33)24(38)29-17(25(39)40)11-15-7-5-4-6-8-15/h4-8,12-14,16-17,19-20,32-33H,9-11,26H2,1-3H3,(H2,27,34)(H,28,37)(H,29,38)(H,30,35)(H,31,36)(H,39,40)/t12-,13+,14+,16-,17-,19-,20-/m0/s1. The Morgan fingerprint density at radius 1 is 0.775 bits per heavy atom. The van der Waals surface area contributed by atoms with Gasteiger partial charge in [-0.25, -0.2) is 4.79 Å². The number of aliphatic hydroxyl groups excluding tert-OH is 2. The lowest BCUT2D eigenvalue weighted by Crippen LogP contribution is -2.61. The summed E-state index contributed by atoms with van der Waals surface area (Å²) >= 11 is 0. The molecule has 222 valence electrons. The first kappa shape index (κ1) is 33.9. The first-order chi connectivity index (χ1) is 18.6. The normalized spacial score (nSPS) is 16.1. The topological polar surface area (TPSA) is 263 Å². The Bertz CT molecular complexity index is 1050. The zero-order valence-electron chi connectivity index (χ0n) is 22.5. The van der Waals surface area contributed by atoms with E-state index in [4.69, 9.17) is 11.5 Å². The van der Waals surface area contributed by atoms with Crippen molar-refractivity contribution in [3.63, 3.8) is 0 Å². The third-order valence-electron chi connectivity index (χ3n) is 5.81. The first-order valence-corrected chi connectivity index (χ1v) is 12.5. The van der Waals surface area contributed by atoms with Gasteiger partial charge in [0.2, 0.25) is 29.5 Å². The van der Waals surface area contributed by atoms with Crippen molar-refractivity contribution in [2.75, 3.05) is 0 Å². The van der Waals surface area contributed by atoms with Crippen LogP contribution in [-0.4, -0.2) is 93.2 Å². The van der Waals surface area contributed by atoms with E-state index in [0.29, 0.717) is 5.56 Å². The molecule has 0 aromatic heterocycles. The Morgan fingerprint density at radius 2 is 1.27 bits per heavy atom. The maximum Gasteiger partial charge on any atom is 0.326 e. The summed E-state index contributed by atoms with van der Waals surface area (Å²) in [6.45, 7) is 3.67. The van der Waals surface area contributed by atoms with Crippen LogP contribution in [0, 0.1) is 0 Å². The highest BCUT2D eigenvalue weighted by atomic mass is 16.4. The fourth-order valence-electron chi connectivity index (χ4n) is 3.46. The van der Waals surface area contributed by atoms with Crippen LogP contribution in [0.4, 0.5) is 0 Å². The Hall–Kier alpha value is -4.08. The molecule has 1 rings (SSSR count). The van der Waals surface area contributed by atoms with Gasteiger partial charge in [0.15, 0.2) is 0 Å². The smallest absolute Gasteiger partial charge is 0.326 e. The summed E-state index contributed by atoms with van der Waals surface area (Å²) in [5.74, 6) is -5.68. The van der Waals surface area contributed by atoms with Crippen LogP contribution < -0.4 is 32.7 Å². The van der Waals surface area contributed by atoms with Crippen molar-refractivity contribution in [1.82, 2.24) is 21.3 Å². The second kappa shape index (κ2) is 16.1. The van der Waals surface area contributed by atoms with E-state index < -0.39 is 77.9 Å². The van der Waals surface area contributed by atoms with Gasteiger partial charge in [0.05, 0.1) is 18.2 Å². The average Bonchev–Trinajstić information content (AvgIpc) is 2.87. The van der Waals surface area contributed by atoms with Crippen molar-refractivity contribution in [1.29, 1.82) is 0 Å². The molecule has 40 heavy (non-hydrogen) atoms. The summed E-state index contributed by atoms with van der Waals surface area (Å²) in [6.07, 6.45) is -3.16. The van der Waals surface area contributed by atoms with Crippen LogP contribution in [0.3, 0.4) is 0 Å². The van der Waals surface area contributed by atoms with Gasteiger partial charge >= 0.3 is 5.97 Å². The number of nitrogens with one attached hydrogen (secondary N) is 4. The number of primary amides is 1. The molecule has 11 N–H and O–H groups in total. The van der Waals surface area contributed by atoms with Crippen molar-refractivity contribution >= 4 is 35.5 Å². The van der Waals surface area contributed by atoms with Gasteiger partial charge in [-0.15, -0.1) is 0 Å². The maximum absolute atomic E-state index is 12.8. The minimum atomic E-state index is -1.57. The number of aliphatic hydroxyl groups is 2. The van der Waals surface area contributed by atoms with E-state index in [1.54, 1.807) is 30.3 Å². The summed E-state index contributed by atoms with van der Waals surface area (Å²) in [6, 6.07) is 1.56. The van der Waals surface area contributed by atoms with E-state index in [-0.39, 0.29) is 19.3 Å². The highest BCUT2D eigenvalue weighted by Gasteiger charge is 2.33. The molecule has 0 spiro atoms. The number of carboxylic acids is 1. The fraction of sp³-hybridized carbons (Fsp3) is 0.520. The second-order valence-corrected chi connectivity index (χ2v) is 9.38. The van der Waals surface area contributed by atoms with Gasteiger partial charge in [0.1, 0.15) is 24.2 Å².